The van der Waals surface area contributed by atoms with Gasteiger partial charge in [-0.05, 0) is 116 Å². The van der Waals surface area contributed by atoms with Gasteiger partial charge in [-0.3, -0.25) is 24.5 Å². The van der Waals surface area contributed by atoms with Crippen LogP contribution in [0.4, 0.5) is 4.79 Å². The number of Topliss-reactive ketones (excluding diaryl/α,β-unsaturated/α-hetero) is 1. The van der Waals surface area contributed by atoms with Gasteiger partial charge in [-0.2, -0.15) is 0 Å². The molecule has 534 valence electrons. The smallest absolute Gasteiger partial charge is 0.407 e. The van der Waals surface area contributed by atoms with Crippen LogP contribution < -0.4 is 5.32 Å². The predicted octanol–water partition coefficient (Wildman–Crippen LogP) is 7.31. The zero-order chi connectivity index (χ0) is 69.8. The van der Waals surface area contributed by atoms with Crippen molar-refractivity contribution in [2.75, 3.05) is 7.11 Å². The molecule has 1 amide bonds. The molecule has 26 nitrogen and oxygen atoms in total. The molecular formula is C70H100N2O24. The SMILES string of the molecule is COC(=O)N[C@H]1[C@@H](C)O[C@@H](O[C@H]2CC=C(C)[C@@H]3C=C[C@@H]4[C@@H](O[C@H]5C[C@@H](O[C@H]6CC[C@@H](O[C@@H]7C[C@@H](O)[C@@H](O[C@H]8CC[C@@H](O)[C@H](C)O8)[C@H](C)O7)[C@H](C)O6)[C@@H](OC(C)=O)[C@H](C)O5)[C@@H](C)C[C@H](C)[C@H]4[C@]3(C)C(O)=C3C(=O)O[C@]4(CC(/C=C/C(C)=O)=C[C@H](O)[C@H]4C=C2C)C3=O)C[C@]1(C)[N+](=O)[O-]. The second kappa shape index (κ2) is 29.5. The average molecular weight is 1350 g/mol. The Hall–Kier alpha value is -5.33. The Kier molecular flexibility index (Phi) is 22.5. The number of aliphatic hydroxyl groups excluding tert-OH is 4. The number of hydrogen-bond donors (Lipinski definition) is 5. The number of methoxy groups -OCH3 is 1. The Labute approximate surface area is 560 Å². The number of allylic oxidation sites excluding steroid dienone is 5. The van der Waals surface area contributed by atoms with Crippen LogP contribution in [0.3, 0.4) is 0 Å². The second-order valence-electron chi connectivity index (χ2n) is 29.0. The zero-order valence-corrected chi connectivity index (χ0v) is 57.5. The molecule has 7 fully saturated rings. The predicted molar refractivity (Wildman–Crippen MR) is 339 cm³/mol. The lowest BCUT2D eigenvalue weighted by atomic mass is 9.49. The van der Waals surface area contributed by atoms with Crippen LogP contribution in [0, 0.1) is 51.0 Å². The lowest BCUT2D eigenvalue weighted by molar-refractivity contribution is -0.584. The number of alkyl carbamates (subject to hydrolysis) is 1. The van der Waals surface area contributed by atoms with E-state index >= 15 is 4.79 Å². The van der Waals surface area contributed by atoms with Gasteiger partial charge in [0, 0.05) is 68.1 Å². The first-order valence-electron chi connectivity index (χ1n) is 34.2. The highest BCUT2D eigenvalue weighted by molar-refractivity contribution is 6.26. The summed E-state index contributed by atoms with van der Waals surface area (Å²) < 4.78 is 81.9. The Morgan fingerprint density at radius 1 is 0.708 bits per heavy atom. The molecule has 0 radical (unpaired) electrons. The Balaban J connectivity index is 0.920. The summed E-state index contributed by atoms with van der Waals surface area (Å²) in [5.41, 5.74) is -4.46. The number of ketones is 2. The lowest BCUT2D eigenvalue weighted by Gasteiger charge is -2.56. The maximum absolute atomic E-state index is 15.8. The highest BCUT2D eigenvalue weighted by Gasteiger charge is 2.65. The fraction of sp³-hybridized carbons (Fsp3) is 0.757. The van der Waals surface area contributed by atoms with Crippen molar-refractivity contribution in [1.29, 1.82) is 0 Å². The number of ether oxygens (including phenoxy) is 13. The lowest BCUT2D eigenvalue weighted by Crippen LogP contribution is -2.65. The standard InChI is InChI=1S/C70H100N2O24/c1-32-15-21-50(91-57-31-68(12,72(82)83)63(41(10)89-57)71-67(81)84-14)33(2)26-46-48(76)27-43(17-16-36(5)73)30-70(46)65(79)58(66(80)96-70)64(78)69(13)45(32)19-18-44-59(69)34(3)25-35(4)60(44)95-56-29-52(62(40(9)88-56)90-42(11)74)93-53-24-22-51(38(7)86-53)92-55-28-49(77)61(39(8)87-55)94-54-23-20-47(75)37(6)85-54/h15-19,26-27,34-35,37-41,44-57,59-63,75-78H,20-25,28-31H2,1-14H3,(H,71,81)/b17-16+,32-15?,33-26?,64-58?/t34-,35-,37-,38-,39-,40-,41+,44-,45-,46+,47+,48-,49+,50-,51+,52+,53-,54-,55+,56-,57-,59+,60-,61-,62-,63-,68-,69+,70-/m0/s1. The van der Waals surface area contributed by atoms with E-state index in [2.05, 4.69) is 25.2 Å². The minimum atomic E-state index is -2.15. The van der Waals surface area contributed by atoms with E-state index < -0.39 is 203 Å². The van der Waals surface area contributed by atoms with Crippen molar-refractivity contribution in [3.8, 4) is 0 Å². The normalized spacial score (nSPS) is 45.3. The Bertz CT molecular complexity index is 3100. The van der Waals surface area contributed by atoms with Gasteiger partial charge in [0.2, 0.25) is 11.3 Å². The first-order chi connectivity index (χ1) is 45.3. The zero-order valence-electron chi connectivity index (χ0n) is 57.5. The highest BCUT2D eigenvalue weighted by Crippen LogP contribution is 2.61. The van der Waals surface area contributed by atoms with E-state index in [1.165, 1.54) is 39.0 Å². The third-order valence-electron chi connectivity index (χ3n) is 22.1. The third-order valence-corrected chi connectivity index (χ3v) is 22.1. The number of hydrogen-bond acceptors (Lipinski definition) is 24. The van der Waals surface area contributed by atoms with Crippen molar-refractivity contribution in [3.05, 3.63) is 80.7 Å². The number of nitrogens with zero attached hydrogens (tertiary/aromatic N) is 1. The molecule has 0 aromatic rings. The van der Waals surface area contributed by atoms with Gasteiger partial charge in [0.25, 0.3) is 0 Å². The number of aliphatic hydroxyl groups is 4. The molecule has 5 N–H and O–H groups in total. The first-order valence-corrected chi connectivity index (χ1v) is 34.2. The molecule has 1 saturated carbocycles. The third kappa shape index (κ3) is 14.8. The molecular weight excluding hydrogens is 1250 g/mol. The van der Waals surface area contributed by atoms with Crippen LogP contribution >= 0.6 is 0 Å². The van der Waals surface area contributed by atoms with Gasteiger partial charge in [0.1, 0.15) is 29.6 Å². The van der Waals surface area contributed by atoms with Gasteiger partial charge in [-0.25, -0.2) is 9.59 Å². The summed E-state index contributed by atoms with van der Waals surface area (Å²) in [6.45, 7) is 22.5. The molecule has 10 rings (SSSR count). The molecule has 0 aromatic carbocycles. The summed E-state index contributed by atoms with van der Waals surface area (Å²) in [4.78, 5) is 80.8. The largest absolute Gasteiger partial charge is 0.511 e. The molecule has 6 heterocycles. The van der Waals surface area contributed by atoms with Gasteiger partial charge in [-0.1, -0.05) is 62.8 Å². The van der Waals surface area contributed by atoms with Gasteiger partial charge in [0.05, 0.1) is 86.6 Å². The number of carbonyl (C=O) groups excluding carboxylic acids is 5. The minimum absolute atomic E-state index is 0.110. The maximum Gasteiger partial charge on any atom is 0.407 e. The molecule has 0 aromatic heterocycles. The number of amides is 1. The Morgan fingerprint density at radius 3 is 2.00 bits per heavy atom. The van der Waals surface area contributed by atoms with E-state index in [4.69, 9.17) is 61.6 Å². The fourth-order valence-corrected chi connectivity index (χ4v) is 17.2. The van der Waals surface area contributed by atoms with E-state index in [1.54, 1.807) is 33.8 Å². The Morgan fingerprint density at radius 2 is 1.34 bits per heavy atom. The van der Waals surface area contributed by atoms with E-state index in [0.29, 0.717) is 43.3 Å². The van der Waals surface area contributed by atoms with Crippen LogP contribution in [-0.2, 0) is 80.8 Å². The summed E-state index contributed by atoms with van der Waals surface area (Å²) in [6.07, 6.45) is -1.47. The van der Waals surface area contributed by atoms with Crippen molar-refractivity contribution in [1.82, 2.24) is 5.32 Å². The number of nitrogens with one attached hydrogen (secondary N) is 1. The minimum Gasteiger partial charge on any atom is -0.511 e. The van der Waals surface area contributed by atoms with E-state index in [0.717, 1.165) is 12.7 Å². The first kappa shape index (κ1) is 73.4. The summed E-state index contributed by atoms with van der Waals surface area (Å²) in [7, 11) is 1.15. The molecule has 6 aliphatic heterocycles. The number of carbonyl (C=O) groups is 5. The molecule has 4 aliphatic carbocycles. The quantitative estimate of drug-likeness (QED) is 0.0204. The van der Waals surface area contributed by atoms with E-state index in [9.17, 15) is 49.7 Å². The molecule has 26 heteroatoms. The van der Waals surface area contributed by atoms with E-state index in [1.807, 2.05) is 39.8 Å². The van der Waals surface area contributed by atoms with Crippen molar-refractivity contribution in [2.45, 2.75) is 288 Å². The van der Waals surface area contributed by atoms with Crippen LogP contribution in [0.2, 0.25) is 0 Å². The van der Waals surface area contributed by atoms with Crippen LogP contribution in [0.25, 0.3) is 0 Å². The van der Waals surface area contributed by atoms with Crippen molar-refractivity contribution < 1.29 is 111 Å². The topological polar surface area (TPSA) is 341 Å². The van der Waals surface area contributed by atoms with Crippen molar-refractivity contribution in [3.63, 3.8) is 0 Å². The van der Waals surface area contributed by atoms with Gasteiger partial charge in [-0.15, -0.1) is 0 Å². The maximum atomic E-state index is 15.8. The monoisotopic (exact) mass is 1350 g/mol. The summed E-state index contributed by atoms with van der Waals surface area (Å²) in [6, 6.07) is -1.12. The summed E-state index contributed by atoms with van der Waals surface area (Å²) >= 11 is 0. The van der Waals surface area contributed by atoms with Crippen LogP contribution in [-0.4, -0.2) is 196 Å². The highest BCUT2D eigenvalue weighted by atomic mass is 16.8. The molecule has 96 heavy (non-hydrogen) atoms. The molecule has 1 spiro atoms. The molecule has 0 unspecified atom stereocenters. The van der Waals surface area contributed by atoms with Crippen molar-refractivity contribution >= 4 is 29.6 Å². The average Bonchev–Trinajstić information content (AvgIpc) is 1.48. The number of rotatable bonds is 15. The van der Waals surface area contributed by atoms with Crippen LogP contribution in [0.15, 0.2) is 70.6 Å². The van der Waals surface area contributed by atoms with Gasteiger partial charge < -0.3 is 87.3 Å². The van der Waals surface area contributed by atoms with Gasteiger partial charge >= 0.3 is 18.0 Å². The van der Waals surface area contributed by atoms with Crippen LogP contribution in [0.1, 0.15) is 154 Å². The van der Waals surface area contributed by atoms with Gasteiger partial charge in [0.15, 0.2) is 48.9 Å². The van der Waals surface area contributed by atoms with Crippen LogP contribution in [0.5, 0.6) is 0 Å². The molecule has 6 saturated heterocycles. The number of fused-ring (bicyclic) bond motifs is 4. The van der Waals surface area contributed by atoms with E-state index in [-0.39, 0.29) is 49.7 Å². The van der Waals surface area contributed by atoms with Crippen molar-refractivity contribution in [2.24, 2.45) is 40.9 Å². The molecule has 29 atom stereocenters. The molecule has 2 bridgehead atoms. The molecule has 10 aliphatic rings. The second-order valence-corrected chi connectivity index (χ2v) is 29.0. The number of nitro groups is 1. The summed E-state index contributed by atoms with van der Waals surface area (Å²) in [5.74, 6) is -6.63. The number of esters is 2. The summed E-state index contributed by atoms with van der Waals surface area (Å²) in [5, 5.41) is 62.5. The fourth-order valence-electron chi connectivity index (χ4n) is 17.2.